The average molecular weight is 234 g/mol. The van der Waals surface area contributed by atoms with Gasteiger partial charge in [0.1, 0.15) is 0 Å². The van der Waals surface area contributed by atoms with Crippen LogP contribution in [0.2, 0.25) is 0 Å². The molecular weight excluding hydrogens is 210 g/mol. The zero-order valence-electron chi connectivity index (χ0n) is 10.5. The largest absolute Gasteiger partial charge is 0.327 e. The molecule has 2 nitrogen and oxygen atoms in total. The Bertz CT molecular complexity index is 219. The Morgan fingerprint density at radius 1 is 1.44 bits per heavy atom. The number of alkyl halides is 2. The Kier molecular flexibility index (Phi) is 4.68. The normalized spacial score (nSPS) is 30.0. The number of nitrogens with zero attached hydrogens (tertiary/aromatic N) is 1. The first-order chi connectivity index (χ1) is 7.30. The Morgan fingerprint density at radius 2 is 2.06 bits per heavy atom. The van der Waals surface area contributed by atoms with E-state index in [9.17, 15) is 8.78 Å². The minimum Gasteiger partial charge on any atom is -0.327 e. The SMILES string of the molecule is CN(CC(F)F)CC1CC(C)(C)CCC1N. The smallest absolute Gasteiger partial charge is 0.251 e. The van der Waals surface area contributed by atoms with Crippen LogP contribution in [0.15, 0.2) is 0 Å². The molecule has 0 amide bonds. The molecule has 1 aliphatic rings. The predicted octanol–water partition coefficient (Wildman–Crippen LogP) is 2.34. The van der Waals surface area contributed by atoms with E-state index in [4.69, 9.17) is 5.73 Å². The number of halogens is 2. The van der Waals surface area contributed by atoms with Gasteiger partial charge in [-0.05, 0) is 37.6 Å². The molecule has 0 bridgehead atoms. The molecule has 16 heavy (non-hydrogen) atoms. The van der Waals surface area contributed by atoms with E-state index in [1.807, 2.05) is 0 Å². The lowest BCUT2D eigenvalue weighted by Gasteiger charge is -2.40. The predicted molar refractivity (Wildman–Crippen MR) is 62.6 cm³/mol. The third-order valence-electron chi connectivity index (χ3n) is 3.57. The summed E-state index contributed by atoms with van der Waals surface area (Å²) in [6.45, 7) is 5.01. The van der Waals surface area contributed by atoms with E-state index in [1.165, 1.54) is 0 Å². The van der Waals surface area contributed by atoms with Gasteiger partial charge in [-0.15, -0.1) is 0 Å². The number of hydrogen-bond acceptors (Lipinski definition) is 2. The maximum Gasteiger partial charge on any atom is 0.251 e. The fourth-order valence-electron chi connectivity index (χ4n) is 2.67. The van der Waals surface area contributed by atoms with Gasteiger partial charge in [-0.2, -0.15) is 0 Å². The van der Waals surface area contributed by atoms with Crippen LogP contribution in [0.4, 0.5) is 8.78 Å². The molecule has 0 radical (unpaired) electrons. The van der Waals surface area contributed by atoms with Gasteiger partial charge in [-0.1, -0.05) is 13.8 Å². The molecular formula is C12H24F2N2. The van der Waals surface area contributed by atoms with E-state index >= 15 is 0 Å². The number of nitrogens with two attached hydrogens (primary N) is 1. The first-order valence-electron chi connectivity index (χ1n) is 6.02. The van der Waals surface area contributed by atoms with Crippen LogP contribution in [0, 0.1) is 11.3 Å². The summed E-state index contributed by atoms with van der Waals surface area (Å²) in [5.74, 6) is 0.354. The second kappa shape index (κ2) is 5.41. The van der Waals surface area contributed by atoms with Crippen molar-refractivity contribution in [2.75, 3.05) is 20.1 Å². The van der Waals surface area contributed by atoms with Crippen molar-refractivity contribution in [1.29, 1.82) is 0 Å². The summed E-state index contributed by atoms with van der Waals surface area (Å²) in [6.07, 6.45) is 0.948. The van der Waals surface area contributed by atoms with E-state index in [0.29, 0.717) is 17.9 Å². The van der Waals surface area contributed by atoms with Crippen LogP contribution in [0.1, 0.15) is 33.1 Å². The molecule has 0 aliphatic heterocycles. The van der Waals surface area contributed by atoms with Crippen molar-refractivity contribution in [2.45, 2.75) is 45.6 Å². The summed E-state index contributed by atoms with van der Waals surface area (Å²) >= 11 is 0. The zero-order chi connectivity index (χ0) is 12.3. The molecule has 96 valence electrons. The van der Waals surface area contributed by atoms with Gasteiger partial charge in [0.2, 0.25) is 0 Å². The second-order valence-electron chi connectivity index (χ2n) is 5.94. The molecule has 0 spiro atoms. The first kappa shape index (κ1) is 13.8. The van der Waals surface area contributed by atoms with Crippen LogP contribution in [0.3, 0.4) is 0 Å². The van der Waals surface area contributed by atoms with Gasteiger partial charge in [0.15, 0.2) is 0 Å². The van der Waals surface area contributed by atoms with Crippen molar-refractivity contribution in [3.05, 3.63) is 0 Å². The van der Waals surface area contributed by atoms with E-state index in [1.54, 1.807) is 11.9 Å². The molecule has 0 aromatic rings. The highest BCUT2D eigenvalue weighted by Crippen LogP contribution is 2.38. The van der Waals surface area contributed by atoms with Crippen molar-refractivity contribution < 1.29 is 8.78 Å². The Balaban J connectivity index is 2.45. The highest BCUT2D eigenvalue weighted by molar-refractivity contribution is 4.88. The quantitative estimate of drug-likeness (QED) is 0.809. The molecule has 0 aromatic heterocycles. The molecule has 1 fully saturated rings. The van der Waals surface area contributed by atoms with E-state index in [2.05, 4.69) is 13.8 Å². The average Bonchev–Trinajstić information content (AvgIpc) is 2.09. The summed E-state index contributed by atoms with van der Waals surface area (Å²) in [7, 11) is 1.75. The van der Waals surface area contributed by atoms with Crippen LogP contribution in [-0.4, -0.2) is 37.5 Å². The van der Waals surface area contributed by atoms with Gasteiger partial charge in [0.05, 0.1) is 6.54 Å². The molecule has 2 unspecified atom stereocenters. The van der Waals surface area contributed by atoms with Crippen LogP contribution in [0.5, 0.6) is 0 Å². The monoisotopic (exact) mass is 234 g/mol. The maximum atomic E-state index is 12.2. The van der Waals surface area contributed by atoms with Gasteiger partial charge in [0, 0.05) is 12.6 Å². The summed E-state index contributed by atoms with van der Waals surface area (Å²) in [5, 5.41) is 0. The Hall–Kier alpha value is -0.220. The van der Waals surface area contributed by atoms with Crippen LogP contribution >= 0.6 is 0 Å². The van der Waals surface area contributed by atoms with Gasteiger partial charge in [0.25, 0.3) is 6.43 Å². The molecule has 0 heterocycles. The van der Waals surface area contributed by atoms with E-state index < -0.39 is 6.43 Å². The molecule has 1 rings (SSSR count). The van der Waals surface area contributed by atoms with E-state index in [-0.39, 0.29) is 12.6 Å². The van der Waals surface area contributed by atoms with Crippen molar-refractivity contribution in [1.82, 2.24) is 4.90 Å². The zero-order valence-corrected chi connectivity index (χ0v) is 10.5. The van der Waals surface area contributed by atoms with Gasteiger partial charge >= 0.3 is 0 Å². The minimum absolute atomic E-state index is 0.149. The van der Waals surface area contributed by atoms with E-state index in [0.717, 1.165) is 19.3 Å². The molecule has 0 aromatic carbocycles. The summed E-state index contributed by atoms with van der Waals surface area (Å²) in [4.78, 5) is 1.70. The lowest BCUT2D eigenvalue weighted by atomic mass is 9.70. The highest BCUT2D eigenvalue weighted by atomic mass is 19.3. The summed E-state index contributed by atoms with van der Waals surface area (Å²) < 4.78 is 24.4. The third kappa shape index (κ3) is 4.34. The first-order valence-corrected chi connectivity index (χ1v) is 6.02. The van der Waals surface area contributed by atoms with Crippen molar-refractivity contribution >= 4 is 0 Å². The summed E-state index contributed by atoms with van der Waals surface area (Å²) in [5.41, 5.74) is 6.38. The lowest BCUT2D eigenvalue weighted by Crippen LogP contribution is -2.45. The van der Waals surface area contributed by atoms with Crippen molar-refractivity contribution in [3.63, 3.8) is 0 Å². The van der Waals surface area contributed by atoms with Gasteiger partial charge < -0.3 is 10.6 Å². The van der Waals surface area contributed by atoms with Crippen molar-refractivity contribution in [3.8, 4) is 0 Å². The maximum absolute atomic E-state index is 12.2. The topological polar surface area (TPSA) is 29.3 Å². The fraction of sp³-hybridized carbons (Fsp3) is 1.00. The Labute approximate surface area is 97.2 Å². The molecule has 4 heteroatoms. The van der Waals surface area contributed by atoms with Crippen LogP contribution in [-0.2, 0) is 0 Å². The molecule has 0 saturated heterocycles. The van der Waals surface area contributed by atoms with Crippen molar-refractivity contribution in [2.24, 2.45) is 17.1 Å². The van der Waals surface area contributed by atoms with Crippen LogP contribution in [0.25, 0.3) is 0 Å². The Morgan fingerprint density at radius 3 is 2.62 bits per heavy atom. The third-order valence-corrected chi connectivity index (χ3v) is 3.57. The standard InChI is InChI=1S/C12H24F2N2/c1-12(2)5-4-10(15)9(6-12)7-16(3)8-11(13)14/h9-11H,4-8,15H2,1-3H3. The van der Waals surface area contributed by atoms with Crippen LogP contribution < -0.4 is 5.73 Å². The van der Waals surface area contributed by atoms with Gasteiger partial charge in [-0.25, -0.2) is 8.78 Å². The lowest BCUT2D eigenvalue weighted by molar-refractivity contribution is 0.0724. The fourth-order valence-corrected chi connectivity index (χ4v) is 2.67. The summed E-state index contributed by atoms with van der Waals surface area (Å²) in [6, 6.07) is 0.174. The number of rotatable bonds is 4. The molecule has 1 aliphatic carbocycles. The molecule has 2 N–H and O–H groups in total. The number of hydrogen-bond donors (Lipinski definition) is 1. The molecule has 2 atom stereocenters. The molecule has 1 saturated carbocycles. The highest BCUT2D eigenvalue weighted by Gasteiger charge is 2.33. The second-order valence-corrected chi connectivity index (χ2v) is 5.94. The van der Waals surface area contributed by atoms with Gasteiger partial charge in [-0.3, -0.25) is 0 Å². The minimum atomic E-state index is -2.25.